The van der Waals surface area contributed by atoms with E-state index in [-0.39, 0.29) is 34.2 Å². The Balaban J connectivity index is 1.64. The van der Waals surface area contributed by atoms with E-state index in [0.29, 0.717) is 32.8 Å². The van der Waals surface area contributed by atoms with Gasteiger partial charge in [-0.3, -0.25) is 19.7 Å². The third kappa shape index (κ3) is 3.74. The molecule has 25 heavy (non-hydrogen) atoms. The molecule has 2 fully saturated rings. The van der Waals surface area contributed by atoms with Crippen LogP contribution >= 0.6 is 11.6 Å². The highest BCUT2D eigenvalue weighted by atomic mass is 35.5. The van der Waals surface area contributed by atoms with E-state index in [9.17, 15) is 19.7 Å². The summed E-state index contributed by atoms with van der Waals surface area (Å²) in [7, 11) is 0. The van der Waals surface area contributed by atoms with Crippen molar-refractivity contribution in [2.45, 2.75) is 18.9 Å². The molecule has 0 radical (unpaired) electrons. The zero-order valence-corrected chi connectivity index (χ0v) is 14.3. The van der Waals surface area contributed by atoms with Crippen molar-refractivity contribution in [3.8, 4) is 0 Å². The van der Waals surface area contributed by atoms with Crippen LogP contribution in [0.15, 0.2) is 18.2 Å². The van der Waals surface area contributed by atoms with Crippen molar-refractivity contribution in [2.75, 3.05) is 32.8 Å². The first-order valence-electron chi connectivity index (χ1n) is 8.11. The van der Waals surface area contributed by atoms with Crippen molar-refractivity contribution in [1.29, 1.82) is 0 Å². The Morgan fingerprint density at radius 2 is 1.88 bits per heavy atom. The lowest BCUT2D eigenvalue weighted by Crippen LogP contribution is -2.52. The van der Waals surface area contributed by atoms with Gasteiger partial charge >= 0.3 is 0 Å². The predicted octanol–water partition coefficient (Wildman–Crippen LogP) is 1.71. The number of nitro benzene ring substituents is 1. The van der Waals surface area contributed by atoms with E-state index in [2.05, 4.69) is 0 Å². The molecule has 9 heteroatoms. The van der Waals surface area contributed by atoms with E-state index in [1.54, 1.807) is 9.80 Å². The summed E-state index contributed by atoms with van der Waals surface area (Å²) in [6.07, 6.45) is 1.26. The van der Waals surface area contributed by atoms with Gasteiger partial charge < -0.3 is 14.5 Å². The zero-order valence-electron chi connectivity index (χ0n) is 13.5. The molecule has 2 aliphatic rings. The van der Waals surface area contributed by atoms with Crippen LogP contribution in [0, 0.1) is 10.1 Å². The molecule has 2 saturated heterocycles. The molecule has 1 aromatic rings. The Kier molecular flexibility index (Phi) is 5.19. The number of carbonyl (C=O) groups is 2. The van der Waals surface area contributed by atoms with Crippen molar-refractivity contribution >= 4 is 29.1 Å². The van der Waals surface area contributed by atoms with Gasteiger partial charge in [-0.15, -0.1) is 0 Å². The van der Waals surface area contributed by atoms with Gasteiger partial charge in [0.05, 0.1) is 15.5 Å². The number of hydrogen-bond donors (Lipinski definition) is 0. The van der Waals surface area contributed by atoms with E-state index in [1.807, 2.05) is 0 Å². The summed E-state index contributed by atoms with van der Waals surface area (Å²) >= 11 is 6.03. The molecule has 0 saturated carbocycles. The highest BCUT2D eigenvalue weighted by Gasteiger charge is 2.32. The van der Waals surface area contributed by atoms with Crippen molar-refractivity contribution < 1.29 is 19.2 Å². The third-order valence-corrected chi connectivity index (χ3v) is 4.80. The van der Waals surface area contributed by atoms with Crippen LogP contribution in [0.25, 0.3) is 0 Å². The fourth-order valence-electron chi connectivity index (χ4n) is 3.07. The molecule has 0 aromatic heterocycles. The average molecular weight is 368 g/mol. The SMILES string of the molecule is O=C(c1cc([N+](=O)[O-])ccc1Cl)N1CCN(C(=O)C2CCCO2)CC1. The van der Waals surface area contributed by atoms with Crippen LogP contribution < -0.4 is 0 Å². The molecule has 8 nitrogen and oxygen atoms in total. The van der Waals surface area contributed by atoms with Gasteiger partial charge in [0.15, 0.2) is 0 Å². The second kappa shape index (κ2) is 7.37. The van der Waals surface area contributed by atoms with Crippen LogP contribution in [0.2, 0.25) is 5.02 Å². The largest absolute Gasteiger partial charge is 0.368 e. The first-order valence-corrected chi connectivity index (χ1v) is 8.49. The highest BCUT2D eigenvalue weighted by Crippen LogP contribution is 2.24. The Bertz CT molecular complexity index is 697. The second-order valence-corrected chi connectivity index (χ2v) is 6.45. The van der Waals surface area contributed by atoms with Crippen LogP contribution in [0.1, 0.15) is 23.2 Å². The minimum absolute atomic E-state index is 0.0296. The number of non-ortho nitro benzene ring substituents is 1. The number of carbonyl (C=O) groups excluding carboxylic acids is 2. The van der Waals surface area contributed by atoms with Gasteiger partial charge in [-0.2, -0.15) is 0 Å². The summed E-state index contributed by atoms with van der Waals surface area (Å²) in [6.45, 7) is 2.15. The maximum absolute atomic E-state index is 12.6. The number of rotatable bonds is 3. The molecule has 2 amide bonds. The highest BCUT2D eigenvalue weighted by molar-refractivity contribution is 6.33. The number of benzene rings is 1. The van der Waals surface area contributed by atoms with E-state index >= 15 is 0 Å². The molecule has 1 aromatic carbocycles. The Morgan fingerprint density at radius 1 is 1.20 bits per heavy atom. The summed E-state index contributed by atoms with van der Waals surface area (Å²) in [4.78, 5) is 38.5. The summed E-state index contributed by atoms with van der Waals surface area (Å²) in [5.74, 6) is -0.393. The molecule has 1 unspecified atom stereocenters. The van der Waals surface area contributed by atoms with Gasteiger partial charge in [0.25, 0.3) is 17.5 Å². The van der Waals surface area contributed by atoms with Crippen LogP contribution in [0.5, 0.6) is 0 Å². The lowest BCUT2D eigenvalue weighted by Gasteiger charge is -2.35. The summed E-state index contributed by atoms with van der Waals surface area (Å²) in [5, 5.41) is 11.1. The maximum Gasteiger partial charge on any atom is 0.270 e. The number of hydrogen-bond acceptors (Lipinski definition) is 5. The average Bonchev–Trinajstić information content (AvgIpc) is 3.15. The summed E-state index contributed by atoms with van der Waals surface area (Å²) in [5.41, 5.74) is -0.0743. The molecule has 2 heterocycles. The number of piperazine rings is 1. The molecular formula is C16H18ClN3O5. The second-order valence-electron chi connectivity index (χ2n) is 6.04. The molecule has 3 rings (SSSR count). The quantitative estimate of drug-likeness (QED) is 0.599. The van der Waals surface area contributed by atoms with E-state index < -0.39 is 4.92 Å². The fraction of sp³-hybridized carbons (Fsp3) is 0.500. The van der Waals surface area contributed by atoms with Gasteiger partial charge in [-0.05, 0) is 18.9 Å². The minimum atomic E-state index is -0.564. The van der Waals surface area contributed by atoms with E-state index in [4.69, 9.17) is 16.3 Å². The molecule has 0 spiro atoms. The topological polar surface area (TPSA) is 93.0 Å². The Labute approximate surface area is 149 Å². The van der Waals surface area contributed by atoms with E-state index in [1.165, 1.54) is 18.2 Å². The zero-order chi connectivity index (χ0) is 18.0. The third-order valence-electron chi connectivity index (χ3n) is 4.47. The normalized spacial score (nSPS) is 20.6. The molecule has 0 bridgehead atoms. The van der Waals surface area contributed by atoms with Gasteiger partial charge in [-0.1, -0.05) is 11.6 Å². The van der Waals surface area contributed by atoms with Crippen LogP contribution in [0.3, 0.4) is 0 Å². The predicted molar refractivity (Wildman–Crippen MR) is 89.6 cm³/mol. The first kappa shape index (κ1) is 17.6. The van der Waals surface area contributed by atoms with Gasteiger partial charge in [0.2, 0.25) is 0 Å². The number of nitrogens with zero attached hydrogens (tertiary/aromatic N) is 3. The fourth-order valence-corrected chi connectivity index (χ4v) is 3.27. The number of amides is 2. The van der Waals surface area contributed by atoms with Gasteiger partial charge in [-0.25, -0.2) is 0 Å². The smallest absolute Gasteiger partial charge is 0.270 e. The monoisotopic (exact) mass is 367 g/mol. The first-order chi connectivity index (χ1) is 12.0. The number of ether oxygens (including phenoxy) is 1. The molecule has 2 aliphatic heterocycles. The summed E-state index contributed by atoms with van der Waals surface area (Å²) < 4.78 is 5.41. The van der Waals surface area contributed by atoms with Crippen LogP contribution in [-0.2, 0) is 9.53 Å². The van der Waals surface area contributed by atoms with Gasteiger partial charge in [0, 0.05) is 44.9 Å². The molecule has 134 valence electrons. The lowest BCUT2D eigenvalue weighted by molar-refractivity contribution is -0.384. The van der Waals surface area contributed by atoms with Crippen LogP contribution in [-0.4, -0.2) is 65.4 Å². The number of halogens is 1. The van der Waals surface area contributed by atoms with Gasteiger partial charge in [0.1, 0.15) is 6.10 Å². The number of nitro groups is 1. The van der Waals surface area contributed by atoms with E-state index in [0.717, 1.165) is 12.8 Å². The van der Waals surface area contributed by atoms with Crippen molar-refractivity contribution in [3.63, 3.8) is 0 Å². The lowest BCUT2D eigenvalue weighted by atomic mass is 10.1. The molecule has 0 aliphatic carbocycles. The molecule has 0 N–H and O–H groups in total. The Morgan fingerprint density at radius 3 is 2.48 bits per heavy atom. The minimum Gasteiger partial charge on any atom is -0.368 e. The Hall–Kier alpha value is -2.19. The standard InChI is InChI=1S/C16H18ClN3O5/c17-13-4-3-11(20(23)24)10-12(13)15(21)18-5-7-19(8-6-18)16(22)14-2-1-9-25-14/h3-4,10,14H,1-2,5-9H2. The summed E-state index contributed by atoms with van der Waals surface area (Å²) in [6, 6.07) is 3.80. The molecular weight excluding hydrogens is 350 g/mol. The van der Waals surface area contributed by atoms with Crippen molar-refractivity contribution in [3.05, 3.63) is 38.9 Å². The van der Waals surface area contributed by atoms with Crippen LogP contribution in [0.4, 0.5) is 5.69 Å². The van der Waals surface area contributed by atoms with Crippen molar-refractivity contribution in [1.82, 2.24) is 9.80 Å². The van der Waals surface area contributed by atoms with Crippen molar-refractivity contribution in [2.24, 2.45) is 0 Å². The molecule has 1 atom stereocenters. The maximum atomic E-state index is 12.6.